The molecule has 0 aliphatic carbocycles. The third kappa shape index (κ3) is 2.88. The molecule has 1 aromatic carbocycles. The fourth-order valence-electron chi connectivity index (χ4n) is 0.987. The molecule has 76 valence electrons. The molecular weight excluding hydrogens is 215 g/mol. The Morgan fingerprint density at radius 3 is 2.20 bits per heavy atom. The quantitative estimate of drug-likeness (QED) is 0.377. The number of nitro groups is 2. The number of hydrogen-bond acceptors (Lipinski definition) is 5. The minimum Gasteiger partial charge on any atom is -1.00 e. The number of phenolic OH excluding ortho intramolecular Hbond substituents is 1. The van der Waals surface area contributed by atoms with Crippen LogP contribution in [0.3, 0.4) is 0 Å². The molecule has 0 fully saturated rings. The van der Waals surface area contributed by atoms with Crippen LogP contribution in [-0.2, 0) is 0 Å². The molecule has 0 spiro atoms. The molecule has 0 unspecified atom stereocenters. The van der Waals surface area contributed by atoms with Gasteiger partial charge in [0.05, 0.1) is 15.9 Å². The molecule has 0 atom stereocenters. The summed E-state index contributed by atoms with van der Waals surface area (Å²) >= 11 is 0. The molecule has 1 aromatic rings. The number of aryl methyl sites for hydroxylation is 1. The third-order valence-corrected chi connectivity index (χ3v) is 1.67. The van der Waals surface area contributed by atoms with Gasteiger partial charge < -0.3 is 6.53 Å². The summed E-state index contributed by atoms with van der Waals surface area (Å²) < 4.78 is 0. The number of rotatable bonds is 2. The van der Waals surface area contributed by atoms with Crippen LogP contribution in [0, 0.1) is 27.2 Å². The maximum absolute atomic E-state index is 10.4. The number of non-ortho nitro benzene ring substituents is 1. The van der Waals surface area contributed by atoms with Gasteiger partial charge in [0.1, 0.15) is 0 Å². The van der Waals surface area contributed by atoms with Gasteiger partial charge in [-0.3, -0.25) is 20.2 Å². The Hall–Kier alpha value is -1.18. The average molecular weight is 222 g/mol. The van der Waals surface area contributed by atoms with Crippen molar-refractivity contribution in [3.63, 3.8) is 0 Å². The number of aromatic hydroxyl groups is 1. The zero-order valence-corrected chi connectivity index (χ0v) is 10.1. The second-order valence-corrected chi connectivity index (χ2v) is 2.64. The molecule has 0 bridgehead atoms. The van der Waals surface area contributed by atoms with Crippen molar-refractivity contribution >= 4 is 11.4 Å². The van der Waals surface area contributed by atoms with Gasteiger partial charge in [-0.25, -0.2) is 0 Å². The second kappa shape index (κ2) is 5.06. The van der Waals surface area contributed by atoms with Crippen molar-refractivity contribution in [2.75, 3.05) is 0 Å². The molecule has 15 heavy (non-hydrogen) atoms. The predicted molar refractivity (Wildman–Crippen MR) is 47.3 cm³/mol. The van der Waals surface area contributed by atoms with E-state index in [1.54, 1.807) is 0 Å². The molecule has 0 aliphatic rings. The van der Waals surface area contributed by atoms with E-state index in [1.165, 1.54) is 6.92 Å². The number of hydrogen-bond donors (Lipinski definition) is 1. The first-order chi connectivity index (χ1) is 6.43. The monoisotopic (exact) mass is 222 g/mol. The molecule has 1 N–H and O–H groups in total. The van der Waals surface area contributed by atoms with E-state index in [0.29, 0.717) is 0 Å². The van der Waals surface area contributed by atoms with Gasteiger partial charge in [-0.05, 0) is 6.92 Å². The Morgan fingerprint density at radius 1 is 1.27 bits per heavy atom. The summed E-state index contributed by atoms with van der Waals surface area (Å²) in [5, 5.41) is 29.9. The van der Waals surface area contributed by atoms with Crippen LogP contribution in [0.25, 0.3) is 0 Å². The Bertz CT molecular complexity index is 425. The molecule has 1 rings (SSSR count). The van der Waals surface area contributed by atoms with Crippen LogP contribution in [0.2, 0.25) is 0 Å². The van der Waals surface area contributed by atoms with Gasteiger partial charge in [0.15, 0.2) is 5.75 Å². The summed E-state index contributed by atoms with van der Waals surface area (Å²) in [6.07, 6.45) is 0. The van der Waals surface area contributed by atoms with E-state index in [9.17, 15) is 25.3 Å². The molecular formula is C7H7N2NaO5. The summed E-state index contributed by atoms with van der Waals surface area (Å²) in [6, 6.07) is 1.80. The molecule has 0 saturated heterocycles. The van der Waals surface area contributed by atoms with E-state index < -0.39 is 27.0 Å². The standard InChI is InChI=1S/C7H6N2O5.Na.H/c1-4-2-5(8(11)12)3-6(7(4)10)9(13)14;;/h2-3,10H,1H3;;/q;+1;-1. The normalized spacial score (nSPS) is 9.13. The van der Waals surface area contributed by atoms with Gasteiger partial charge in [0.2, 0.25) is 0 Å². The van der Waals surface area contributed by atoms with Crippen LogP contribution in [0.5, 0.6) is 5.75 Å². The van der Waals surface area contributed by atoms with E-state index in [4.69, 9.17) is 0 Å². The summed E-state index contributed by atoms with van der Waals surface area (Å²) in [5.41, 5.74) is -0.963. The van der Waals surface area contributed by atoms with Crippen LogP contribution in [0.15, 0.2) is 12.1 Å². The van der Waals surface area contributed by atoms with Crippen molar-refractivity contribution in [1.82, 2.24) is 0 Å². The molecule has 8 heteroatoms. The van der Waals surface area contributed by atoms with Crippen LogP contribution < -0.4 is 29.6 Å². The predicted octanol–water partition coefficient (Wildman–Crippen LogP) is -1.37. The maximum Gasteiger partial charge on any atom is 1.00 e. The van der Waals surface area contributed by atoms with Gasteiger partial charge in [0, 0.05) is 11.6 Å². The van der Waals surface area contributed by atoms with Crippen LogP contribution in [0.4, 0.5) is 11.4 Å². The smallest absolute Gasteiger partial charge is 1.00 e. The Morgan fingerprint density at radius 2 is 1.80 bits per heavy atom. The molecule has 0 amide bonds. The van der Waals surface area contributed by atoms with Crippen LogP contribution in [-0.4, -0.2) is 15.0 Å². The first kappa shape index (κ1) is 13.8. The zero-order chi connectivity index (χ0) is 10.9. The third-order valence-electron chi connectivity index (χ3n) is 1.67. The van der Waals surface area contributed by atoms with E-state index in [1.807, 2.05) is 0 Å². The minimum atomic E-state index is -0.866. The first-order valence-electron chi connectivity index (χ1n) is 3.56. The number of nitrogens with zero attached hydrogens (tertiary/aromatic N) is 2. The summed E-state index contributed by atoms with van der Waals surface area (Å²) in [4.78, 5) is 19.1. The fraction of sp³-hybridized carbons (Fsp3) is 0.143. The first-order valence-corrected chi connectivity index (χ1v) is 3.56. The Labute approximate surface area is 108 Å². The van der Waals surface area contributed by atoms with E-state index in [0.717, 1.165) is 12.1 Å². The molecule has 7 nitrogen and oxygen atoms in total. The SMILES string of the molecule is Cc1cc([N+](=O)[O-])cc([N+](=O)[O-])c1O.[H-].[Na+]. The van der Waals surface area contributed by atoms with Crippen molar-refractivity contribution in [2.45, 2.75) is 6.92 Å². The van der Waals surface area contributed by atoms with Crippen LogP contribution >= 0.6 is 0 Å². The van der Waals surface area contributed by atoms with Gasteiger partial charge in [0.25, 0.3) is 5.69 Å². The number of benzene rings is 1. The van der Waals surface area contributed by atoms with Gasteiger partial charge >= 0.3 is 35.2 Å². The van der Waals surface area contributed by atoms with Gasteiger partial charge in [-0.15, -0.1) is 0 Å². The number of phenols is 1. The molecule has 0 aromatic heterocycles. The zero-order valence-electron chi connectivity index (χ0n) is 9.13. The van der Waals surface area contributed by atoms with Crippen molar-refractivity contribution in [1.29, 1.82) is 0 Å². The summed E-state index contributed by atoms with van der Waals surface area (Å²) in [5.74, 6) is -0.541. The number of nitro benzene ring substituents is 2. The summed E-state index contributed by atoms with van der Waals surface area (Å²) in [7, 11) is 0. The largest absolute Gasteiger partial charge is 1.00 e. The van der Waals surface area contributed by atoms with E-state index in [-0.39, 0.29) is 36.5 Å². The van der Waals surface area contributed by atoms with Gasteiger partial charge in [-0.1, -0.05) is 0 Å². The van der Waals surface area contributed by atoms with E-state index in [2.05, 4.69) is 0 Å². The van der Waals surface area contributed by atoms with Crippen molar-refractivity contribution in [2.24, 2.45) is 0 Å². The second-order valence-electron chi connectivity index (χ2n) is 2.64. The average Bonchev–Trinajstić information content (AvgIpc) is 2.08. The molecule has 0 saturated carbocycles. The summed E-state index contributed by atoms with van der Waals surface area (Å²) in [6.45, 7) is 1.36. The fourth-order valence-corrected chi connectivity index (χ4v) is 0.987. The molecule has 0 radical (unpaired) electrons. The molecule has 0 aliphatic heterocycles. The Balaban J connectivity index is 0. The minimum absolute atomic E-state index is 0. The van der Waals surface area contributed by atoms with Crippen LogP contribution in [0.1, 0.15) is 6.99 Å². The van der Waals surface area contributed by atoms with Crippen molar-refractivity contribution in [3.8, 4) is 5.75 Å². The maximum atomic E-state index is 10.4. The topological polar surface area (TPSA) is 107 Å². The van der Waals surface area contributed by atoms with Gasteiger partial charge in [-0.2, -0.15) is 0 Å². The van der Waals surface area contributed by atoms with E-state index >= 15 is 0 Å². The Kier molecular flexibility index (Phi) is 4.66. The van der Waals surface area contributed by atoms with Crippen molar-refractivity contribution in [3.05, 3.63) is 37.9 Å². The molecule has 0 heterocycles. The van der Waals surface area contributed by atoms with Crippen molar-refractivity contribution < 1.29 is 45.9 Å².